The van der Waals surface area contributed by atoms with Gasteiger partial charge in [0.05, 0.1) is 15.1 Å². The second kappa shape index (κ2) is 7.24. The lowest BCUT2D eigenvalue weighted by Gasteiger charge is -2.09. The molecule has 0 bridgehead atoms. The number of amides is 1. The van der Waals surface area contributed by atoms with E-state index in [-0.39, 0.29) is 22.1 Å². The summed E-state index contributed by atoms with van der Waals surface area (Å²) >= 11 is 4.21. The Hall–Kier alpha value is -1.39. The number of hydrogen-bond donors (Lipinski definition) is 1. The Balaban J connectivity index is 1.94. The predicted octanol–water partition coefficient (Wildman–Crippen LogP) is 4.33. The highest BCUT2D eigenvalue weighted by atomic mass is 79.9. The van der Waals surface area contributed by atoms with E-state index in [2.05, 4.69) is 21.2 Å². The van der Waals surface area contributed by atoms with Crippen molar-refractivity contribution in [1.82, 2.24) is 0 Å². The second-order valence-corrected chi connectivity index (χ2v) is 9.55. The van der Waals surface area contributed by atoms with Crippen LogP contribution in [-0.4, -0.2) is 20.1 Å². The molecule has 1 N–H and O–H groups in total. The van der Waals surface area contributed by atoms with E-state index < -0.39 is 27.5 Å². The van der Waals surface area contributed by atoms with Crippen molar-refractivity contribution < 1.29 is 26.4 Å². The Kier molecular flexibility index (Phi) is 5.71. The first-order valence-electron chi connectivity index (χ1n) is 6.53. The highest BCUT2D eigenvalue weighted by Gasteiger charge is 2.30. The minimum atomic E-state index is -4.45. The van der Waals surface area contributed by atoms with Gasteiger partial charge in [-0.05, 0) is 52.3 Å². The van der Waals surface area contributed by atoms with Gasteiger partial charge in [-0.25, -0.2) is 8.42 Å². The summed E-state index contributed by atoms with van der Waals surface area (Å²) in [6, 6.07) is 6.96. The number of carbonyl (C=O) groups excluding carboxylic acids is 1. The van der Waals surface area contributed by atoms with Gasteiger partial charge < -0.3 is 5.32 Å². The quantitative estimate of drug-likeness (QED) is 0.750. The van der Waals surface area contributed by atoms with Crippen LogP contribution in [0, 0.1) is 0 Å². The molecule has 0 unspecified atom stereocenters. The van der Waals surface area contributed by atoms with Crippen molar-refractivity contribution in [2.24, 2.45) is 0 Å². The fraction of sp³-hybridized carbons (Fsp3) is 0.214. The first-order valence-corrected chi connectivity index (χ1v) is 9.79. The molecule has 1 aromatic heterocycles. The predicted molar refractivity (Wildman–Crippen MR) is 88.8 cm³/mol. The number of sulfone groups is 1. The smallest absolute Gasteiger partial charge is 0.326 e. The van der Waals surface area contributed by atoms with Gasteiger partial charge >= 0.3 is 6.18 Å². The van der Waals surface area contributed by atoms with Crippen LogP contribution in [0.2, 0.25) is 0 Å². The summed E-state index contributed by atoms with van der Waals surface area (Å²) in [7, 11) is -3.57. The number of nitrogens with one attached hydrogen (secondary N) is 1. The van der Waals surface area contributed by atoms with E-state index in [0.29, 0.717) is 3.79 Å². The van der Waals surface area contributed by atoms with Crippen molar-refractivity contribution in [3.63, 3.8) is 0 Å². The molecule has 1 amide bonds. The van der Waals surface area contributed by atoms with Gasteiger partial charge in [0, 0.05) is 12.1 Å². The molecule has 1 aromatic carbocycles. The van der Waals surface area contributed by atoms with E-state index in [9.17, 15) is 26.4 Å². The van der Waals surface area contributed by atoms with Crippen LogP contribution in [0.5, 0.6) is 0 Å². The van der Waals surface area contributed by atoms with Gasteiger partial charge in [-0.2, -0.15) is 13.2 Å². The highest BCUT2D eigenvalue weighted by molar-refractivity contribution is 9.11. The third kappa shape index (κ3) is 5.05. The molecule has 0 aliphatic rings. The summed E-state index contributed by atoms with van der Waals surface area (Å²) < 4.78 is 62.2. The first-order chi connectivity index (χ1) is 11.1. The van der Waals surface area contributed by atoms with Crippen LogP contribution in [0.15, 0.2) is 44.4 Å². The SMILES string of the molecule is O=C(CCS(=O)(=O)c1ccc(Br)s1)Nc1ccc(C(F)(F)F)cc1. The molecule has 0 aliphatic heterocycles. The van der Waals surface area contributed by atoms with Gasteiger partial charge in [0.1, 0.15) is 4.21 Å². The molecule has 0 radical (unpaired) electrons. The summed E-state index contributed by atoms with van der Waals surface area (Å²) in [4.78, 5) is 11.8. The molecule has 24 heavy (non-hydrogen) atoms. The van der Waals surface area contributed by atoms with Crippen molar-refractivity contribution in [3.8, 4) is 0 Å². The standard InChI is InChI=1S/C14H11BrF3NO3S2/c15-11-5-6-13(23-11)24(21,22)8-7-12(20)19-10-3-1-9(2-4-10)14(16,17)18/h1-6H,7-8H2,(H,19,20). The lowest BCUT2D eigenvalue weighted by atomic mass is 10.2. The first kappa shape index (κ1) is 18.9. The fourth-order valence-corrected chi connectivity index (χ4v) is 5.16. The van der Waals surface area contributed by atoms with Crippen LogP contribution in [0.1, 0.15) is 12.0 Å². The molecule has 130 valence electrons. The maximum atomic E-state index is 12.4. The van der Waals surface area contributed by atoms with Gasteiger partial charge in [0.25, 0.3) is 0 Å². The molecule has 0 saturated heterocycles. The van der Waals surface area contributed by atoms with Crippen LogP contribution < -0.4 is 5.32 Å². The van der Waals surface area contributed by atoms with Crippen molar-refractivity contribution in [2.75, 3.05) is 11.1 Å². The lowest BCUT2D eigenvalue weighted by molar-refractivity contribution is -0.137. The van der Waals surface area contributed by atoms with Gasteiger partial charge in [-0.15, -0.1) is 11.3 Å². The largest absolute Gasteiger partial charge is 0.416 e. The molecule has 0 spiro atoms. The Morgan fingerprint density at radius 1 is 1.12 bits per heavy atom. The number of thiophene rings is 1. The molecule has 0 atom stereocenters. The molecular weight excluding hydrogens is 431 g/mol. The summed E-state index contributed by atoms with van der Waals surface area (Å²) in [6.07, 6.45) is -4.75. The molecule has 10 heteroatoms. The topological polar surface area (TPSA) is 63.2 Å². The van der Waals surface area contributed by atoms with Gasteiger partial charge in [0.2, 0.25) is 5.91 Å². The van der Waals surface area contributed by atoms with E-state index >= 15 is 0 Å². The maximum absolute atomic E-state index is 12.4. The highest BCUT2D eigenvalue weighted by Crippen LogP contribution is 2.30. The van der Waals surface area contributed by atoms with Gasteiger partial charge in [-0.3, -0.25) is 4.79 Å². The Labute approximate surface area is 148 Å². The number of rotatable bonds is 5. The summed E-state index contributed by atoms with van der Waals surface area (Å²) in [5, 5.41) is 2.37. The number of carbonyl (C=O) groups is 1. The molecular formula is C14H11BrF3NO3S2. The lowest BCUT2D eigenvalue weighted by Crippen LogP contribution is -2.17. The fourth-order valence-electron chi connectivity index (χ4n) is 1.76. The maximum Gasteiger partial charge on any atom is 0.416 e. The zero-order chi connectivity index (χ0) is 18.0. The zero-order valence-corrected chi connectivity index (χ0v) is 15.2. The normalized spacial score (nSPS) is 12.2. The summed E-state index contributed by atoms with van der Waals surface area (Å²) in [5.41, 5.74) is -0.657. The molecule has 4 nitrogen and oxygen atoms in total. The number of hydrogen-bond acceptors (Lipinski definition) is 4. The van der Waals surface area contributed by atoms with E-state index in [4.69, 9.17) is 0 Å². The minimum absolute atomic E-state index is 0.150. The van der Waals surface area contributed by atoms with E-state index in [0.717, 1.165) is 35.6 Å². The Morgan fingerprint density at radius 3 is 2.25 bits per heavy atom. The Bertz CT molecular complexity index is 830. The van der Waals surface area contributed by atoms with Gasteiger partial charge in [-0.1, -0.05) is 0 Å². The van der Waals surface area contributed by atoms with Crippen LogP contribution in [0.3, 0.4) is 0 Å². The van der Waals surface area contributed by atoms with Crippen LogP contribution in [-0.2, 0) is 20.8 Å². The van der Waals surface area contributed by atoms with Crippen molar-refractivity contribution >= 4 is 48.7 Å². The van der Waals surface area contributed by atoms with Crippen LogP contribution in [0.4, 0.5) is 18.9 Å². The third-order valence-corrected chi connectivity index (χ3v) is 6.87. The monoisotopic (exact) mass is 441 g/mol. The number of benzene rings is 1. The molecule has 0 fully saturated rings. The Morgan fingerprint density at radius 2 is 1.75 bits per heavy atom. The molecule has 2 aromatic rings. The van der Waals surface area contributed by atoms with Crippen molar-refractivity contribution in [3.05, 3.63) is 45.7 Å². The summed E-state index contributed by atoms with van der Waals surface area (Å²) in [6.45, 7) is 0. The van der Waals surface area contributed by atoms with E-state index in [1.165, 1.54) is 6.07 Å². The average Bonchev–Trinajstić information content (AvgIpc) is 2.92. The number of alkyl halides is 3. The van der Waals surface area contributed by atoms with Gasteiger partial charge in [0.15, 0.2) is 9.84 Å². The van der Waals surface area contributed by atoms with Crippen molar-refractivity contribution in [1.29, 1.82) is 0 Å². The molecule has 0 aliphatic carbocycles. The third-order valence-electron chi connectivity index (χ3n) is 2.95. The zero-order valence-electron chi connectivity index (χ0n) is 11.9. The second-order valence-electron chi connectivity index (χ2n) is 4.75. The van der Waals surface area contributed by atoms with Crippen LogP contribution >= 0.6 is 27.3 Å². The number of halogens is 4. The van der Waals surface area contributed by atoms with Crippen molar-refractivity contribution in [2.45, 2.75) is 16.8 Å². The van der Waals surface area contributed by atoms with E-state index in [1.807, 2.05) is 0 Å². The molecule has 1 heterocycles. The minimum Gasteiger partial charge on any atom is -0.326 e. The van der Waals surface area contributed by atoms with Crippen LogP contribution in [0.25, 0.3) is 0 Å². The molecule has 2 rings (SSSR count). The van der Waals surface area contributed by atoms with E-state index in [1.54, 1.807) is 6.07 Å². The molecule has 0 saturated carbocycles. The average molecular weight is 442 g/mol. The number of anilines is 1. The summed E-state index contributed by atoms with van der Waals surface area (Å²) in [5.74, 6) is -0.971.